The molecule has 26 heavy (non-hydrogen) atoms. The monoisotopic (exact) mass is 382 g/mol. The predicted octanol–water partition coefficient (Wildman–Crippen LogP) is 1.57. The number of carboxylic acid groups (broad SMARTS) is 1. The lowest BCUT2D eigenvalue weighted by Gasteiger charge is -2.35. The highest BCUT2D eigenvalue weighted by Gasteiger charge is 2.34. The van der Waals surface area contributed by atoms with Crippen molar-refractivity contribution in [3.8, 4) is 5.75 Å². The van der Waals surface area contributed by atoms with Crippen molar-refractivity contribution >= 4 is 16.0 Å². The second-order valence-electron chi connectivity index (χ2n) is 7.75. The fourth-order valence-corrected chi connectivity index (χ4v) is 5.28. The molecule has 1 fully saturated rings. The summed E-state index contributed by atoms with van der Waals surface area (Å²) in [4.78, 5) is 12.9. The van der Waals surface area contributed by atoms with Crippen LogP contribution in [0.1, 0.15) is 32.3 Å². The molecule has 1 N–H and O–H groups in total. The first-order chi connectivity index (χ1) is 12.1. The highest BCUT2D eigenvalue weighted by Crippen LogP contribution is 2.36. The maximum Gasteiger partial charge on any atom is 0.317 e. The van der Waals surface area contributed by atoms with Crippen molar-refractivity contribution < 1.29 is 23.1 Å². The molecule has 0 aromatic heterocycles. The van der Waals surface area contributed by atoms with Gasteiger partial charge in [-0.1, -0.05) is 0 Å². The average Bonchev–Trinajstić information content (AvgIpc) is 2.87. The van der Waals surface area contributed by atoms with Crippen molar-refractivity contribution in [1.82, 2.24) is 9.21 Å². The van der Waals surface area contributed by atoms with Gasteiger partial charge in [-0.2, -0.15) is 4.31 Å². The van der Waals surface area contributed by atoms with E-state index in [1.807, 2.05) is 13.8 Å². The normalized spacial score (nSPS) is 20.8. The smallest absolute Gasteiger partial charge is 0.317 e. The zero-order chi connectivity index (χ0) is 19.1. The Morgan fingerprint density at radius 1 is 1.35 bits per heavy atom. The third-order valence-electron chi connectivity index (χ3n) is 5.10. The summed E-state index contributed by atoms with van der Waals surface area (Å²) in [6.07, 6.45) is 1.95. The van der Waals surface area contributed by atoms with Gasteiger partial charge in [0.15, 0.2) is 0 Å². The first kappa shape index (κ1) is 19.1. The number of ether oxygens (including phenoxy) is 1. The molecule has 0 radical (unpaired) electrons. The van der Waals surface area contributed by atoms with Gasteiger partial charge in [0.1, 0.15) is 11.4 Å². The van der Waals surface area contributed by atoms with E-state index in [2.05, 4.69) is 0 Å². The van der Waals surface area contributed by atoms with E-state index in [-0.39, 0.29) is 18.2 Å². The first-order valence-electron chi connectivity index (χ1n) is 8.83. The number of fused-ring (bicyclic) bond motifs is 1. The Bertz CT molecular complexity index is 798. The van der Waals surface area contributed by atoms with E-state index in [1.165, 1.54) is 4.31 Å². The van der Waals surface area contributed by atoms with Crippen molar-refractivity contribution in [3.05, 3.63) is 23.8 Å². The number of sulfonamides is 1. The molecular formula is C18H26N2O5S. The van der Waals surface area contributed by atoms with Crippen molar-refractivity contribution in [2.24, 2.45) is 0 Å². The van der Waals surface area contributed by atoms with Crippen LogP contribution in [0.5, 0.6) is 5.75 Å². The number of carboxylic acids is 1. The van der Waals surface area contributed by atoms with Gasteiger partial charge >= 0.3 is 5.97 Å². The minimum absolute atomic E-state index is 0.0297. The second kappa shape index (κ2) is 6.83. The minimum atomic E-state index is -3.55. The Morgan fingerprint density at radius 3 is 2.62 bits per heavy atom. The van der Waals surface area contributed by atoms with E-state index in [4.69, 9.17) is 9.84 Å². The van der Waals surface area contributed by atoms with Gasteiger partial charge in [0, 0.05) is 25.6 Å². The topological polar surface area (TPSA) is 87.2 Å². The van der Waals surface area contributed by atoms with Crippen LogP contribution in [0.15, 0.2) is 23.1 Å². The van der Waals surface area contributed by atoms with Gasteiger partial charge in [0.2, 0.25) is 10.0 Å². The Hall–Kier alpha value is -1.64. The van der Waals surface area contributed by atoms with Gasteiger partial charge in [-0.3, -0.25) is 9.69 Å². The molecule has 1 aromatic rings. The molecule has 2 aliphatic heterocycles. The number of aliphatic carboxylic acids is 1. The number of rotatable bonds is 5. The molecule has 0 aliphatic carbocycles. The van der Waals surface area contributed by atoms with Crippen LogP contribution < -0.4 is 4.74 Å². The van der Waals surface area contributed by atoms with Gasteiger partial charge in [-0.25, -0.2) is 8.42 Å². The zero-order valence-electron chi connectivity index (χ0n) is 15.4. The van der Waals surface area contributed by atoms with E-state index < -0.39 is 16.0 Å². The van der Waals surface area contributed by atoms with Gasteiger partial charge in [-0.15, -0.1) is 0 Å². The lowest BCUT2D eigenvalue weighted by Crippen LogP contribution is -2.46. The molecule has 0 unspecified atom stereocenters. The summed E-state index contributed by atoms with van der Waals surface area (Å²) in [7, 11) is -1.78. The lowest BCUT2D eigenvalue weighted by atomic mass is 10.0. The fourth-order valence-electron chi connectivity index (χ4n) is 3.76. The molecule has 2 aliphatic rings. The number of benzene rings is 1. The molecule has 3 rings (SSSR count). The summed E-state index contributed by atoms with van der Waals surface area (Å²) in [5.41, 5.74) is 0.616. The predicted molar refractivity (Wildman–Crippen MR) is 96.9 cm³/mol. The molecule has 1 aromatic carbocycles. The molecule has 0 atom stereocenters. The summed E-state index contributed by atoms with van der Waals surface area (Å²) >= 11 is 0. The van der Waals surface area contributed by atoms with Crippen molar-refractivity contribution in [3.63, 3.8) is 0 Å². The third-order valence-corrected chi connectivity index (χ3v) is 7.00. The number of piperidine rings is 1. The Balaban J connectivity index is 1.70. The zero-order valence-corrected chi connectivity index (χ0v) is 16.3. The molecule has 0 spiro atoms. The Kier molecular flexibility index (Phi) is 5.02. The molecule has 0 amide bonds. The first-order valence-corrected chi connectivity index (χ1v) is 10.3. The molecule has 0 bridgehead atoms. The number of likely N-dealkylation sites (N-methyl/N-ethyl adjacent to an activating group) is 1. The summed E-state index contributed by atoms with van der Waals surface area (Å²) < 4.78 is 33.3. The second-order valence-corrected chi connectivity index (χ2v) is 9.69. The minimum Gasteiger partial charge on any atom is -0.487 e. The van der Waals surface area contributed by atoms with E-state index in [0.717, 1.165) is 11.3 Å². The van der Waals surface area contributed by atoms with Gasteiger partial charge in [0.25, 0.3) is 0 Å². The van der Waals surface area contributed by atoms with Crippen LogP contribution in [0.25, 0.3) is 0 Å². The van der Waals surface area contributed by atoms with Crippen LogP contribution in [0, 0.1) is 0 Å². The molecule has 2 heterocycles. The highest BCUT2D eigenvalue weighted by atomic mass is 32.2. The number of carbonyl (C=O) groups is 1. The van der Waals surface area contributed by atoms with Crippen LogP contribution in [0.4, 0.5) is 0 Å². The Labute approximate surface area is 154 Å². The SMILES string of the molecule is CN(CC(=O)O)C1CCN(S(=O)(=O)c2ccc3c(c2)CC(C)(C)O3)CC1. The van der Waals surface area contributed by atoms with Gasteiger partial charge in [0.05, 0.1) is 11.4 Å². The number of hydrogen-bond donors (Lipinski definition) is 1. The quantitative estimate of drug-likeness (QED) is 0.832. The van der Waals surface area contributed by atoms with Crippen LogP contribution in [-0.4, -0.2) is 67.0 Å². The van der Waals surface area contributed by atoms with Crippen molar-refractivity contribution in [2.75, 3.05) is 26.7 Å². The van der Waals surface area contributed by atoms with E-state index >= 15 is 0 Å². The van der Waals surface area contributed by atoms with Crippen molar-refractivity contribution in [1.29, 1.82) is 0 Å². The van der Waals surface area contributed by atoms with Crippen LogP contribution in [-0.2, 0) is 21.2 Å². The highest BCUT2D eigenvalue weighted by molar-refractivity contribution is 7.89. The van der Waals surface area contributed by atoms with Crippen LogP contribution >= 0.6 is 0 Å². The van der Waals surface area contributed by atoms with E-state index in [9.17, 15) is 13.2 Å². The molecule has 0 saturated carbocycles. The molecule has 1 saturated heterocycles. The molecule has 144 valence electrons. The average molecular weight is 382 g/mol. The summed E-state index contributed by atoms with van der Waals surface area (Å²) in [5, 5.41) is 8.90. The van der Waals surface area contributed by atoms with Crippen LogP contribution in [0.2, 0.25) is 0 Å². The summed E-state index contributed by atoms with van der Waals surface area (Å²) in [6.45, 7) is 4.74. The lowest BCUT2D eigenvalue weighted by molar-refractivity contribution is -0.138. The van der Waals surface area contributed by atoms with E-state index in [0.29, 0.717) is 37.2 Å². The van der Waals surface area contributed by atoms with E-state index in [1.54, 1.807) is 30.1 Å². The fraction of sp³-hybridized carbons (Fsp3) is 0.611. The van der Waals surface area contributed by atoms with Crippen molar-refractivity contribution in [2.45, 2.75) is 49.6 Å². The van der Waals surface area contributed by atoms with Gasteiger partial charge in [-0.05, 0) is 57.5 Å². The molecule has 8 heteroatoms. The largest absolute Gasteiger partial charge is 0.487 e. The molecular weight excluding hydrogens is 356 g/mol. The number of hydrogen-bond acceptors (Lipinski definition) is 5. The summed E-state index contributed by atoms with van der Waals surface area (Å²) in [5.74, 6) is -0.117. The third kappa shape index (κ3) is 3.87. The number of nitrogens with zero attached hydrogens (tertiary/aromatic N) is 2. The van der Waals surface area contributed by atoms with Gasteiger partial charge < -0.3 is 9.84 Å². The summed E-state index contributed by atoms with van der Waals surface area (Å²) in [6, 6.07) is 5.16. The maximum atomic E-state index is 13.0. The Morgan fingerprint density at radius 2 is 2.00 bits per heavy atom. The van der Waals surface area contributed by atoms with Crippen LogP contribution in [0.3, 0.4) is 0 Å². The maximum absolute atomic E-state index is 13.0. The standard InChI is InChI=1S/C18H26N2O5S/c1-18(2)11-13-10-15(4-5-16(13)25-18)26(23,24)20-8-6-14(7-9-20)19(3)12-17(21)22/h4-5,10,14H,6-9,11-12H2,1-3H3,(H,21,22). The molecule has 7 nitrogen and oxygen atoms in total.